The third-order valence-electron chi connectivity index (χ3n) is 6.18. The standard InChI is InChI=1S/C23H35N3O3/c1-2-6-21(27)19-9-11-20(12-10-19)24-23(29)26-14-5-13-25(15-16-26)22(28)17-18-7-3-4-8-18/h9-12,18,21,27H,2-8,13-17H2,1H3,(H,24,29). The minimum Gasteiger partial charge on any atom is -0.388 e. The Bertz CT molecular complexity index is 670. The third kappa shape index (κ3) is 6.20. The average Bonchev–Trinajstić information content (AvgIpc) is 3.09. The van der Waals surface area contributed by atoms with Crippen LogP contribution in [0, 0.1) is 5.92 Å². The van der Waals surface area contributed by atoms with Crippen molar-refractivity contribution in [1.82, 2.24) is 9.80 Å². The van der Waals surface area contributed by atoms with Crippen LogP contribution in [0.1, 0.15) is 70.0 Å². The van der Waals surface area contributed by atoms with E-state index >= 15 is 0 Å². The number of carbonyl (C=O) groups is 2. The monoisotopic (exact) mass is 401 g/mol. The maximum absolute atomic E-state index is 12.7. The summed E-state index contributed by atoms with van der Waals surface area (Å²) in [5.74, 6) is 0.810. The van der Waals surface area contributed by atoms with E-state index in [4.69, 9.17) is 0 Å². The molecular weight excluding hydrogens is 366 g/mol. The van der Waals surface area contributed by atoms with Crippen LogP contribution in [0.5, 0.6) is 0 Å². The van der Waals surface area contributed by atoms with Gasteiger partial charge in [0.2, 0.25) is 5.91 Å². The lowest BCUT2D eigenvalue weighted by Crippen LogP contribution is -2.39. The van der Waals surface area contributed by atoms with Gasteiger partial charge in [0.1, 0.15) is 0 Å². The summed E-state index contributed by atoms with van der Waals surface area (Å²) in [6, 6.07) is 7.27. The Balaban J connectivity index is 1.48. The van der Waals surface area contributed by atoms with Gasteiger partial charge in [-0.3, -0.25) is 4.79 Å². The van der Waals surface area contributed by atoms with Gasteiger partial charge in [-0.25, -0.2) is 4.79 Å². The van der Waals surface area contributed by atoms with Gasteiger partial charge in [0, 0.05) is 38.3 Å². The molecule has 0 bridgehead atoms. The number of hydrogen-bond donors (Lipinski definition) is 2. The number of hydrogen-bond acceptors (Lipinski definition) is 3. The fourth-order valence-corrected chi connectivity index (χ4v) is 4.39. The van der Waals surface area contributed by atoms with Crippen molar-refractivity contribution < 1.29 is 14.7 Å². The number of aliphatic hydroxyl groups is 1. The minimum atomic E-state index is -0.455. The molecule has 6 nitrogen and oxygen atoms in total. The van der Waals surface area contributed by atoms with Gasteiger partial charge in [-0.15, -0.1) is 0 Å². The highest BCUT2D eigenvalue weighted by Gasteiger charge is 2.25. The van der Waals surface area contributed by atoms with Gasteiger partial charge >= 0.3 is 6.03 Å². The fraction of sp³-hybridized carbons (Fsp3) is 0.652. The summed E-state index contributed by atoms with van der Waals surface area (Å²) in [5.41, 5.74) is 1.59. The number of urea groups is 1. The molecule has 0 radical (unpaired) electrons. The van der Waals surface area contributed by atoms with Crippen molar-refractivity contribution in [2.75, 3.05) is 31.5 Å². The van der Waals surface area contributed by atoms with E-state index in [1.54, 1.807) is 4.90 Å². The van der Waals surface area contributed by atoms with Gasteiger partial charge in [0.15, 0.2) is 0 Å². The van der Waals surface area contributed by atoms with Crippen LogP contribution in [-0.2, 0) is 4.79 Å². The summed E-state index contributed by atoms with van der Waals surface area (Å²) in [5, 5.41) is 13.0. The molecule has 1 aliphatic carbocycles. The number of nitrogens with one attached hydrogen (secondary N) is 1. The van der Waals surface area contributed by atoms with Crippen LogP contribution in [0.4, 0.5) is 10.5 Å². The molecule has 1 atom stereocenters. The predicted octanol–water partition coefficient (Wildman–Crippen LogP) is 4.17. The molecule has 3 rings (SSSR count). The second-order valence-electron chi connectivity index (χ2n) is 8.43. The summed E-state index contributed by atoms with van der Waals surface area (Å²) in [6.45, 7) is 4.62. The summed E-state index contributed by atoms with van der Waals surface area (Å²) in [4.78, 5) is 29.0. The normalized spacial score (nSPS) is 19.1. The molecule has 1 unspecified atom stereocenters. The summed E-state index contributed by atoms with van der Waals surface area (Å²) in [7, 11) is 0. The first-order chi connectivity index (χ1) is 14.1. The third-order valence-corrected chi connectivity index (χ3v) is 6.18. The molecule has 2 aliphatic rings. The summed E-state index contributed by atoms with van der Waals surface area (Å²) < 4.78 is 0. The molecule has 160 valence electrons. The van der Waals surface area contributed by atoms with Gasteiger partial charge < -0.3 is 20.2 Å². The van der Waals surface area contributed by atoms with Crippen LogP contribution in [0.15, 0.2) is 24.3 Å². The molecule has 1 aromatic rings. The number of anilines is 1. The number of carbonyl (C=O) groups excluding carboxylic acids is 2. The number of rotatable bonds is 6. The van der Waals surface area contributed by atoms with Crippen molar-refractivity contribution in [3.05, 3.63) is 29.8 Å². The predicted molar refractivity (Wildman–Crippen MR) is 115 cm³/mol. The number of aliphatic hydroxyl groups excluding tert-OH is 1. The second kappa shape index (κ2) is 10.6. The van der Waals surface area contributed by atoms with Gasteiger partial charge in [-0.05, 0) is 49.3 Å². The van der Waals surface area contributed by atoms with E-state index in [0.717, 1.165) is 37.1 Å². The van der Waals surface area contributed by atoms with E-state index in [0.29, 0.717) is 32.0 Å². The highest BCUT2D eigenvalue weighted by molar-refractivity contribution is 5.89. The van der Waals surface area contributed by atoms with Crippen LogP contribution >= 0.6 is 0 Å². The number of amides is 3. The van der Waals surface area contributed by atoms with Crippen LogP contribution in [0.25, 0.3) is 0 Å². The molecule has 0 aromatic heterocycles. The topological polar surface area (TPSA) is 72.9 Å². The zero-order chi connectivity index (χ0) is 20.6. The maximum atomic E-state index is 12.7. The van der Waals surface area contributed by atoms with Crippen molar-refractivity contribution in [1.29, 1.82) is 0 Å². The molecule has 1 aromatic carbocycles. The zero-order valence-corrected chi connectivity index (χ0v) is 17.6. The average molecular weight is 402 g/mol. The lowest BCUT2D eigenvalue weighted by atomic mass is 10.0. The van der Waals surface area contributed by atoms with Crippen molar-refractivity contribution in [2.24, 2.45) is 5.92 Å². The lowest BCUT2D eigenvalue weighted by molar-refractivity contribution is -0.132. The first-order valence-corrected chi connectivity index (χ1v) is 11.2. The second-order valence-corrected chi connectivity index (χ2v) is 8.43. The Morgan fingerprint density at radius 1 is 1.03 bits per heavy atom. The Morgan fingerprint density at radius 3 is 2.38 bits per heavy atom. The smallest absolute Gasteiger partial charge is 0.321 e. The Labute approximate surface area is 174 Å². The largest absolute Gasteiger partial charge is 0.388 e. The van der Waals surface area contributed by atoms with E-state index in [-0.39, 0.29) is 11.9 Å². The Hall–Kier alpha value is -2.08. The molecule has 2 fully saturated rings. The highest BCUT2D eigenvalue weighted by atomic mass is 16.3. The highest BCUT2D eigenvalue weighted by Crippen LogP contribution is 2.28. The van der Waals surface area contributed by atoms with E-state index in [1.165, 1.54) is 25.7 Å². The number of benzene rings is 1. The van der Waals surface area contributed by atoms with Crippen LogP contribution in [-0.4, -0.2) is 53.0 Å². The minimum absolute atomic E-state index is 0.128. The zero-order valence-electron chi connectivity index (χ0n) is 17.6. The molecule has 3 amide bonds. The molecule has 0 spiro atoms. The molecular formula is C23H35N3O3. The molecule has 1 heterocycles. The van der Waals surface area contributed by atoms with E-state index in [1.807, 2.05) is 36.1 Å². The van der Waals surface area contributed by atoms with Crippen LogP contribution < -0.4 is 5.32 Å². The lowest BCUT2D eigenvalue weighted by Gasteiger charge is -2.23. The van der Waals surface area contributed by atoms with E-state index < -0.39 is 6.10 Å². The molecule has 1 saturated carbocycles. The summed E-state index contributed by atoms with van der Waals surface area (Å²) in [6.07, 6.45) is 7.56. The Morgan fingerprint density at radius 2 is 1.69 bits per heavy atom. The SMILES string of the molecule is CCCC(O)c1ccc(NC(=O)N2CCCN(C(=O)CC3CCCC3)CC2)cc1. The maximum Gasteiger partial charge on any atom is 0.321 e. The van der Waals surface area contributed by atoms with Gasteiger partial charge in [0.25, 0.3) is 0 Å². The van der Waals surface area contributed by atoms with Gasteiger partial charge in [-0.2, -0.15) is 0 Å². The van der Waals surface area contributed by atoms with Crippen LogP contribution in [0.2, 0.25) is 0 Å². The van der Waals surface area contributed by atoms with Crippen molar-refractivity contribution in [2.45, 2.75) is 64.4 Å². The Kier molecular flexibility index (Phi) is 7.92. The van der Waals surface area contributed by atoms with E-state index in [2.05, 4.69) is 5.32 Å². The molecule has 29 heavy (non-hydrogen) atoms. The molecule has 2 N–H and O–H groups in total. The van der Waals surface area contributed by atoms with Crippen LogP contribution in [0.3, 0.4) is 0 Å². The van der Waals surface area contributed by atoms with Crippen molar-refractivity contribution >= 4 is 17.6 Å². The quantitative estimate of drug-likeness (QED) is 0.751. The fourth-order valence-electron chi connectivity index (χ4n) is 4.39. The van der Waals surface area contributed by atoms with Gasteiger partial charge in [0.05, 0.1) is 6.10 Å². The molecule has 1 saturated heterocycles. The molecule has 1 aliphatic heterocycles. The van der Waals surface area contributed by atoms with Gasteiger partial charge in [-0.1, -0.05) is 38.3 Å². The first kappa shape index (κ1) is 21.6. The summed E-state index contributed by atoms with van der Waals surface area (Å²) >= 11 is 0. The van der Waals surface area contributed by atoms with Crippen molar-refractivity contribution in [3.8, 4) is 0 Å². The first-order valence-electron chi connectivity index (χ1n) is 11.2. The van der Waals surface area contributed by atoms with Crippen molar-refractivity contribution in [3.63, 3.8) is 0 Å². The number of nitrogens with zero attached hydrogens (tertiary/aromatic N) is 2. The molecule has 6 heteroatoms. The van der Waals surface area contributed by atoms with E-state index in [9.17, 15) is 14.7 Å².